The summed E-state index contributed by atoms with van der Waals surface area (Å²) in [5.41, 5.74) is 0.873. The molecule has 0 spiro atoms. The molecule has 2 aliphatic rings. The minimum absolute atomic E-state index is 0.0404. The van der Waals surface area contributed by atoms with E-state index in [1.165, 1.54) is 30.6 Å². The van der Waals surface area contributed by atoms with Crippen LogP contribution in [-0.4, -0.2) is 21.6 Å². The Bertz CT molecular complexity index is 911. The van der Waals surface area contributed by atoms with E-state index >= 15 is 0 Å². The normalized spacial score (nSPS) is 20.9. The van der Waals surface area contributed by atoms with Crippen LogP contribution in [0.5, 0.6) is 0 Å². The number of carbonyl (C=O) groups excluding carboxylic acids is 1. The van der Waals surface area contributed by atoms with Gasteiger partial charge in [-0.1, -0.05) is 37.5 Å². The Morgan fingerprint density at radius 3 is 2.74 bits per heavy atom. The summed E-state index contributed by atoms with van der Waals surface area (Å²) in [6.45, 7) is 4.88. The van der Waals surface area contributed by atoms with Crippen LogP contribution in [0.15, 0.2) is 4.79 Å². The highest BCUT2D eigenvalue weighted by Gasteiger charge is 2.22. The summed E-state index contributed by atoms with van der Waals surface area (Å²) in [6.07, 6.45) is 8.63. The Morgan fingerprint density at radius 1 is 1.19 bits per heavy atom. The second kappa shape index (κ2) is 7.62. The van der Waals surface area contributed by atoms with Gasteiger partial charge in [0.25, 0.3) is 5.56 Å². The molecule has 1 atom stereocenters. The lowest BCUT2D eigenvalue weighted by atomic mass is 9.96. The van der Waals surface area contributed by atoms with Gasteiger partial charge in [0.15, 0.2) is 0 Å². The molecule has 0 aromatic carbocycles. The zero-order chi connectivity index (χ0) is 19.0. The molecule has 3 heterocycles. The highest BCUT2D eigenvalue weighted by Crippen LogP contribution is 2.33. The molecule has 0 saturated heterocycles. The molecule has 146 valence electrons. The minimum atomic E-state index is -0.174. The summed E-state index contributed by atoms with van der Waals surface area (Å²) in [4.78, 5) is 31.0. The Kier molecular flexibility index (Phi) is 5.21. The first-order valence-electron chi connectivity index (χ1n) is 10.1. The van der Waals surface area contributed by atoms with Crippen molar-refractivity contribution in [1.82, 2.24) is 14.9 Å². The number of rotatable bonds is 2. The standard InChI is InChI=1S/C20H28N4O2S/c1-12-8-9-15-22-18-16(19(25)24(15)11-10-12)13(2)17(27-18)23-20(26)21-14-6-4-3-5-7-14/h12,14H,3-11H2,1-2H3,(H2,21,23,26). The number of urea groups is 1. The summed E-state index contributed by atoms with van der Waals surface area (Å²) in [6, 6.07) is 0.0854. The molecule has 0 bridgehead atoms. The van der Waals surface area contributed by atoms with Crippen molar-refractivity contribution in [2.45, 2.75) is 77.8 Å². The Labute approximate surface area is 163 Å². The minimum Gasteiger partial charge on any atom is -0.335 e. The van der Waals surface area contributed by atoms with Crippen LogP contribution in [-0.2, 0) is 13.0 Å². The van der Waals surface area contributed by atoms with Crippen molar-refractivity contribution >= 4 is 32.6 Å². The molecule has 1 aliphatic carbocycles. The monoisotopic (exact) mass is 388 g/mol. The fraction of sp³-hybridized carbons (Fsp3) is 0.650. The van der Waals surface area contributed by atoms with E-state index in [0.29, 0.717) is 11.3 Å². The summed E-state index contributed by atoms with van der Waals surface area (Å²) in [5.74, 6) is 1.50. The molecule has 1 saturated carbocycles. The largest absolute Gasteiger partial charge is 0.335 e. The zero-order valence-electron chi connectivity index (χ0n) is 16.1. The number of carbonyl (C=O) groups is 1. The van der Waals surface area contributed by atoms with Crippen LogP contribution >= 0.6 is 11.3 Å². The summed E-state index contributed by atoms with van der Waals surface area (Å²) >= 11 is 1.41. The average molecular weight is 389 g/mol. The highest BCUT2D eigenvalue weighted by atomic mass is 32.1. The molecular weight excluding hydrogens is 360 g/mol. The van der Waals surface area contributed by atoms with Crippen molar-refractivity contribution < 1.29 is 4.79 Å². The lowest BCUT2D eigenvalue weighted by molar-refractivity contribution is 0.244. The van der Waals surface area contributed by atoms with E-state index in [-0.39, 0.29) is 17.6 Å². The van der Waals surface area contributed by atoms with Gasteiger partial charge in [-0.25, -0.2) is 9.78 Å². The van der Waals surface area contributed by atoms with Gasteiger partial charge >= 0.3 is 6.03 Å². The molecule has 2 amide bonds. The van der Waals surface area contributed by atoms with Gasteiger partial charge in [-0.15, -0.1) is 0 Å². The van der Waals surface area contributed by atoms with Crippen molar-refractivity contribution in [3.8, 4) is 0 Å². The average Bonchev–Trinajstić information content (AvgIpc) is 2.82. The lowest BCUT2D eigenvalue weighted by Crippen LogP contribution is -2.38. The third-order valence-corrected chi connectivity index (χ3v) is 7.10. The van der Waals surface area contributed by atoms with Crippen LogP contribution in [0.2, 0.25) is 0 Å². The van der Waals surface area contributed by atoms with Crippen molar-refractivity contribution in [2.75, 3.05) is 5.32 Å². The van der Waals surface area contributed by atoms with Gasteiger partial charge in [-0.2, -0.15) is 0 Å². The predicted octanol–water partition coefficient (Wildman–Crippen LogP) is 4.19. The molecule has 2 N–H and O–H groups in total. The maximum absolute atomic E-state index is 13.1. The Morgan fingerprint density at radius 2 is 1.96 bits per heavy atom. The number of anilines is 1. The quantitative estimate of drug-likeness (QED) is 0.810. The van der Waals surface area contributed by atoms with Crippen LogP contribution in [0.3, 0.4) is 0 Å². The van der Waals surface area contributed by atoms with Gasteiger partial charge < -0.3 is 5.32 Å². The molecule has 2 aromatic rings. The van der Waals surface area contributed by atoms with E-state index in [0.717, 1.165) is 59.9 Å². The van der Waals surface area contributed by atoms with Crippen molar-refractivity contribution in [1.29, 1.82) is 0 Å². The topological polar surface area (TPSA) is 76.0 Å². The van der Waals surface area contributed by atoms with E-state index in [1.54, 1.807) is 0 Å². The number of aromatic nitrogens is 2. The van der Waals surface area contributed by atoms with E-state index < -0.39 is 0 Å². The maximum Gasteiger partial charge on any atom is 0.320 e. The van der Waals surface area contributed by atoms with Gasteiger partial charge in [0.05, 0.1) is 5.39 Å². The van der Waals surface area contributed by atoms with Crippen molar-refractivity contribution in [2.24, 2.45) is 5.92 Å². The van der Waals surface area contributed by atoms with Gasteiger partial charge in [-0.3, -0.25) is 14.7 Å². The molecule has 7 heteroatoms. The van der Waals surface area contributed by atoms with Gasteiger partial charge in [-0.05, 0) is 44.1 Å². The van der Waals surface area contributed by atoms with Crippen molar-refractivity contribution in [3.63, 3.8) is 0 Å². The molecule has 2 aromatic heterocycles. The molecule has 1 fully saturated rings. The number of thiophene rings is 1. The van der Waals surface area contributed by atoms with Crippen LogP contribution in [0.1, 0.15) is 63.3 Å². The SMILES string of the molecule is Cc1c(NC(=O)NC2CCCCC2)sc2nc3n(c(=O)c12)CCC(C)CC3. The van der Waals surface area contributed by atoms with E-state index in [4.69, 9.17) is 4.98 Å². The second-order valence-corrected chi connectivity index (χ2v) is 9.09. The first-order valence-corrected chi connectivity index (χ1v) is 10.9. The number of fused-ring (bicyclic) bond motifs is 2. The first-order chi connectivity index (χ1) is 13.0. The fourth-order valence-electron chi connectivity index (χ4n) is 4.24. The van der Waals surface area contributed by atoms with E-state index in [2.05, 4.69) is 17.6 Å². The van der Waals surface area contributed by atoms with E-state index in [1.807, 2.05) is 11.5 Å². The predicted molar refractivity (Wildman–Crippen MR) is 110 cm³/mol. The molecule has 4 rings (SSSR count). The van der Waals surface area contributed by atoms with Gasteiger partial charge in [0.2, 0.25) is 0 Å². The highest BCUT2D eigenvalue weighted by molar-refractivity contribution is 7.22. The lowest BCUT2D eigenvalue weighted by Gasteiger charge is -2.22. The number of amides is 2. The number of hydrogen-bond donors (Lipinski definition) is 2. The zero-order valence-corrected chi connectivity index (χ0v) is 17.0. The molecule has 27 heavy (non-hydrogen) atoms. The third kappa shape index (κ3) is 3.74. The van der Waals surface area contributed by atoms with Crippen LogP contribution in [0.25, 0.3) is 10.2 Å². The first kappa shape index (κ1) is 18.5. The molecule has 0 radical (unpaired) electrons. The van der Waals surface area contributed by atoms with Gasteiger partial charge in [0, 0.05) is 19.0 Å². The Hall–Kier alpha value is -1.89. The summed E-state index contributed by atoms with van der Waals surface area (Å²) in [5, 5.41) is 7.43. The smallest absolute Gasteiger partial charge is 0.320 e. The number of hydrogen-bond acceptors (Lipinski definition) is 4. The molecule has 1 aliphatic heterocycles. The second-order valence-electron chi connectivity index (χ2n) is 8.09. The van der Waals surface area contributed by atoms with Crippen LogP contribution in [0, 0.1) is 12.8 Å². The molecule has 1 unspecified atom stereocenters. The third-order valence-electron chi connectivity index (χ3n) is 6.00. The number of nitrogens with zero attached hydrogens (tertiary/aromatic N) is 2. The summed E-state index contributed by atoms with van der Waals surface area (Å²) in [7, 11) is 0. The van der Waals surface area contributed by atoms with E-state index in [9.17, 15) is 9.59 Å². The van der Waals surface area contributed by atoms with Crippen molar-refractivity contribution in [3.05, 3.63) is 21.7 Å². The number of aryl methyl sites for hydroxylation is 2. The molecule has 6 nitrogen and oxygen atoms in total. The van der Waals surface area contributed by atoms with Crippen LogP contribution in [0.4, 0.5) is 9.80 Å². The Balaban J connectivity index is 1.59. The number of nitrogens with one attached hydrogen (secondary N) is 2. The van der Waals surface area contributed by atoms with Gasteiger partial charge in [0.1, 0.15) is 15.7 Å². The summed E-state index contributed by atoms with van der Waals surface area (Å²) < 4.78 is 1.84. The fourth-order valence-corrected chi connectivity index (χ4v) is 5.33. The molecular formula is C20H28N4O2S. The van der Waals surface area contributed by atoms with Crippen LogP contribution < -0.4 is 16.2 Å². The maximum atomic E-state index is 13.1.